The molecule has 0 unspecified atom stereocenters. The Labute approximate surface area is 62.5 Å². The molecule has 1 N–H and O–H groups in total. The summed E-state index contributed by atoms with van der Waals surface area (Å²) in [6.07, 6.45) is 3.25. The summed E-state index contributed by atoms with van der Waals surface area (Å²) < 4.78 is 2.57. The van der Waals surface area contributed by atoms with Gasteiger partial charge in [-0.15, -0.1) is 0 Å². The molecule has 0 spiro atoms. The van der Waals surface area contributed by atoms with E-state index < -0.39 is 0 Å². The Balaban J connectivity index is 2.07. The Morgan fingerprint density at radius 3 is 2.75 bits per heavy atom. The van der Waals surface area contributed by atoms with E-state index in [9.17, 15) is 4.79 Å². The highest BCUT2D eigenvalue weighted by Crippen LogP contribution is 2.32. The van der Waals surface area contributed by atoms with Crippen molar-refractivity contribution < 1.29 is 4.79 Å². The molecular weight excluding hydrogens is 217 g/mol. The van der Waals surface area contributed by atoms with Gasteiger partial charge in [-0.05, 0) is 18.8 Å². The van der Waals surface area contributed by atoms with Gasteiger partial charge in [0.05, 0.1) is 22.9 Å². The Morgan fingerprint density at radius 2 is 2.38 bits per heavy atom. The lowest BCUT2D eigenvalue weighted by atomic mass is 10.3. The SMILES string of the molecule is O=C(CC1CC1)NI. The predicted molar refractivity (Wildman–Crippen MR) is 39.5 cm³/mol. The van der Waals surface area contributed by atoms with Crippen LogP contribution in [0.2, 0.25) is 0 Å². The summed E-state index contributed by atoms with van der Waals surface area (Å²) in [7, 11) is 0. The van der Waals surface area contributed by atoms with Crippen LogP contribution in [0.3, 0.4) is 0 Å². The van der Waals surface area contributed by atoms with E-state index in [1.54, 1.807) is 0 Å². The fourth-order valence-corrected chi connectivity index (χ4v) is 0.843. The first-order chi connectivity index (χ1) is 3.83. The molecule has 0 saturated heterocycles. The predicted octanol–water partition coefficient (Wildman–Crippen LogP) is 1.25. The van der Waals surface area contributed by atoms with Crippen LogP contribution in [0.1, 0.15) is 19.3 Å². The van der Waals surface area contributed by atoms with Crippen molar-refractivity contribution in [2.75, 3.05) is 0 Å². The largest absolute Gasteiger partial charge is 0.299 e. The van der Waals surface area contributed by atoms with E-state index in [2.05, 4.69) is 3.53 Å². The molecule has 2 nitrogen and oxygen atoms in total. The van der Waals surface area contributed by atoms with Crippen LogP contribution in [-0.4, -0.2) is 5.91 Å². The molecule has 1 amide bonds. The maximum atomic E-state index is 10.5. The first-order valence-corrected chi connectivity index (χ1v) is 3.80. The molecule has 1 aliphatic rings. The quantitative estimate of drug-likeness (QED) is 0.556. The van der Waals surface area contributed by atoms with Gasteiger partial charge < -0.3 is 0 Å². The number of halogens is 1. The van der Waals surface area contributed by atoms with Crippen molar-refractivity contribution in [2.45, 2.75) is 19.3 Å². The summed E-state index contributed by atoms with van der Waals surface area (Å²) >= 11 is 1.88. The average Bonchev–Trinajstić information content (AvgIpc) is 2.50. The lowest BCUT2D eigenvalue weighted by Crippen LogP contribution is -2.11. The zero-order chi connectivity index (χ0) is 5.98. The summed E-state index contributed by atoms with van der Waals surface area (Å²) in [6.45, 7) is 0. The Morgan fingerprint density at radius 1 is 1.75 bits per heavy atom. The van der Waals surface area contributed by atoms with Crippen molar-refractivity contribution in [1.29, 1.82) is 0 Å². The van der Waals surface area contributed by atoms with E-state index in [0.29, 0.717) is 5.92 Å². The van der Waals surface area contributed by atoms with Crippen LogP contribution in [0.4, 0.5) is 0 Å². The van der Waals surface area contributed by atoms with Crippen molar-refractivity contribution in [3.05, 3.63) is 0 Å². The maximum Gasteiger partial charge on any atom is 0.228 e. The van der Waals surface area contributed by atoms with Crippen LogP contribution in [0.15, 0.2) is 0 Å². The minimum absolute atomic E-state index is 0.174. The van der Waals surface area contributed by atoms with Crippen LogP contribution in [0.25, 0.3) is 0 Å². The monoisotopic (exact) mass is 225 g/mol. The van der Waals surface area contributed by atoms with Crippen LogP contribution < -0.4 is 3.53 Å². The van der Waals surface area contributed by atoms with Crippen LogP contribution in [0, 0.1) is 5.92 Å². The maximum absolute atomic E-state index is 10.5. The zero-order valence-electron chi connectivity index (χ0n) is 4.48. The molecule has 0 aromatic carbocycles. The molecule has 0 aliphatic heterocycles. The van der Waals surface area contributed by atoms with E-state index in [1.807, 2.05) is 22.9 Å². The second-order valence-corrected chi connectivity index (χ2v) is 2.70. The molecule has 1 aliphatic carbocycles. The Kier molecular flexibility index (Phi) is 2.10. The van der Waals surface area contributed by atoms with Crippen LogP contribution >= 0.6 is 22.9 Å². The minimum Gasteiger partial charge on any atom is -0.299 e. The second kappa shape index (κ2) is 2.66. The van der Waals surface area contributed by atoms with E-state index in [4.69, 9.17) is 0 Å². The number of carbonyl (C=O) groups is 1. The number of amides is 1. The highest BCUT2D eigenvalue weighted by atomic mass is 127. The molecule has 0 aromatic heterocycles. The topological polar surface area (TPSA) is 29.1 Å². The number of rotatable bonds is 2. The molecule has 3 heteroatoms. The molecule has 0 atom stereocenters. The molecule has 0 heterocycles. The molecule has 1 saturated carbocycles. The van der Waals surface area contributed by atoms with Gasteiger partial charge in [0.25, 0.3) is 0 Å². The summed E-state index contributed by atoms with van der Waals surface area (Å²) in [5.74, 6) is 0.887. The van der Waals surface area contributed by atoms with Gasteiger partial charge in [-0.2, -0.15) is 0 Å². The summed E-state index contributed by atoms with van der Waals surface area (Å²) in [4.78, 5) is 10.5. The van der Waals surface area contributed by atoms with Crippen molar-refractivity contribution >= 4 is 28.8 Å². The van der Waals surface area contributed by atoms with Gasteiger partial charge >= 0.3 is 0 Å². The molecule has 1 rings (SSSR count). The number of hydrogen-bond acceptors (Lipinski definition) is 1. The molecule has 8 heavy (non-hydrogen) atoms. The van der Waals surface area contributed by atoms with Gasteiger partial charge in [-0.1, -0.05) is 0 Å². The fraction of sp³-hybridized carbons (Fsp3) is 0.800. The molecule has 0 radical (unpaired) electrons. The van der Waals surface area contributed by atoms with Gasteiger partial charge in [0.15, 0.2) is 0 Å². The standard InChI is InChI=1S/C5H8INO/c6-7-5(8)3-4-1-2-4/h4H,1-3H2,(H,7,8). The Hall–Kier alpha value is 0.200. The molecule has 46 valence electrons. The normalized spacial score (nSPS) is 18.1. The lowest BCUT2D eigenvalue weighted by molar-refractivity contribution is -0.119. The molecule has 0 aromatic rings. The van der Waals surface area contributed by atoms with E-state index in [1.165, 1.54) is 12.8 Å². The number of carbonyl (C=O) groups excluding carboxylic acids is 1. The van der Waals surface area contributed by atoms with Crippen LogP contribution in [-0.2, 0) is 4.79 Å². The highest BCUT2D eigenvalue weighted by molar-refractivity contribution is 14.1. The van der Waals surface area contributed by atoms with Crippen molar-refractivity contribution in [1.82, 2.24) is 3.53 Å². The van der Waals surface area contributed by atoms with E-state index in [-0.39, 0.29) is 5.91 Å². The molecule has 1 fully saturated rings. The summed E-state index contributed by atoms with van der Waals surface area (Å²) in [6, 6.07) is 0. The first-order valence-electron chi connectivity index (χ1n) is 2.72. The smallest absolute Gasteiger partial charge is 0.228 e. The van der Waals surface area contributed by atoms with Crippen molar-refractivity contribution in [3.63, 3.8) is 0 Å². The first kappa shape index (κ1) is 6.32. The van der Waals surface area contributed by atoms with Gasteiger partial charge in [-0.3, -0.25) is 8.32 Å². The average molecular weight is 225 g/mol. The third-order valence-corrected chi connectivity index (χ3v) is 1.88. The number of nitrogens with one attached hydrogen (secondary N) is 1. The number of hydrogen-bond donors (Lipinski definition) is 1. The summed E-state index contributed by atoms with van der Waals surface area (Å²) in [5.41, 5.74) is 0. The van der Waals surface area contributed by atoms with Gasteiger partial charge in [0.2, 0.25) is 5.91 Å². The van der Waals surface area contributed by atoms with E-state index in [0.717, 1.165) is 6.42 Å². The molecule has 0 bridgehead atoms. The fourth-order valence-electron chi connectivity index (χ4n) is 0.623. The van der Waals surface area contributed by atoms with Crippen molar-refractivity contribution in [3.8, 4) is 0 Å². The Bertz CT molecular complexity index is 101. The third-order valence-electron chi connectivity index (χ3n) is 1.28. The lowest BCUT2D eigenvalue weighted by Gasteiger charge is -1.91. The second-order valence-electron chi connectivity index (χ2n) is 2.17. The zero-order valence-corrected chi connectivity index (χ0v) is 6.64. The van der Waals surface area contributed by atoms with Gasteiger partial charge in [-0.25, -0.2) is 0 Å². The molecular formula is C5H8INO. The minimum atomic E-state index is 0.174. The van der Waals surface area contributed by atoms with Gasteiger partial charge in [0, 0.05) is 6.42 Å². The van der Waals surface area contributed by atoms with Gasteiger partial charge in [0.1, 0.15) is 0 Å². The van der Waals surface area contributed by atoms with Crippen molar-refractivity contribution in [2.24, 2.45) is 5.92 Å². The third kappa shape index (κ3) is 1.98. The van der Waals surface area contributed by atoms with E-state index >= 15 is 0 Å². The van der Waals surface area contributed by atoms with Crippen LogP contribution in [0.5, 0.6) is 0 Å². The highest BCUT2D eigenvalue weighted by Gasteiger charge is 2.23. The summed E-state index contributed by atoms with van der Waals surface area (Å²) in [5, 5.41) is 0.